The molecule has 0 aliphatic carbocycles. The molecular weight excluding hydrogens is 334 g/mol. The molecule has 0 aromatic carbocycles. The smallest absolute Gasteiger partial charge is 0.294 e. The van der Waals surface area contributed by atoms with Crippen LogP contribution < -0.4 is 10.3 Å². The van der Waals surface area contributed by atoms with Crippen LogP contribution in [0.15, 0.2) is 15.5 Å². The molecular formula is C12H13BrClN3O2. The van der Waals surface area contributed by atoms with E-state index in [0.717, 1.165) is 6.42 Å². The molecule has 0 fully saturated rings. The Balaban J connectivity index is 2.74. The molecule has 0 bridgehead atoms. The number of aromatic nitrogens is 3. The highest BCUT2D eigenvalue weighted by atomic mass is 79.9. The van der Waals surface area contributed by atoms with Gasteiger partial charge in [-0.2, -0.15) is 0 Å². The molecule has 0 saturated carbocycles. The van der Waals surface area contributed by atoms with Crippen molar-refractivity contribution in [3.8, 4) is 5.75 Å². The first kappa shape index (κ1) is 14.3. The van der Waals surface area contributed by atoms with Gasteiger partial charge in [0.15, 0.2) is 0 Å². The van der Waals surface area contributed by atoms with E-state index in [4.69, 9.17) is 16.3 Å². The van der Waals surface area contributed by atoms with Crippen molar-refractivity contribution in [2.45, 2.75) is 26.4 Å². The van der Waals surface area contributed by atoms with Crippen LogP contribution >= 0.6 is 27.5 Å². The molecule has 1 atom stereocenters. The van der Waals surface area contributed by atoms with E-state index in [2.05, 4.69) is 25.9 Å². The maximum absolute atomic E-state index is 12.3. The lowest BCUT2D eigenvalue weighted by molar-refractivity contribution is 0.212. The van der Waals surface area contributed by atoms with Gasteiger partial charge < -0.3 is 9.30 Å². The number of hydrogen-bond donors (Lipinski definition) is 0. The van der Waals surface area contributed by atoms with Crippen molar-refractivity contribution in [3.63, 3.8) is 0 Å². The summed E-state index contributed by atoms with van der Waals surface area (Å²) in [6.07, 6.45) is 2.26. The number of halogens is 2. The molecule has 2 aromatic heterocycles. The minimum absolute atomic E-state index is 0.0567. The third-order valence-electron chi connectivity index (χ3n) is 2.90. The van der Waals surface area contributed by atoms with E-state index in [1.54, 1.807) is 7.05 Å². The van der Waals surface area contributed by atoms with Crippen molar-refractivity contribution in [1.29, 1.82) is 0 Å². The largest absolute Gasteiger partial charge is 0.484 e. The van der Waals surface area contributed by atoms with Crippen LogP contribution in [0, 0.1) is 0 Å². The Morgan fingerprint density at radius 1 is 1.58 bits per heavy atom. The zero-order valence-electron chi connectivity index (χ0n) is 10.8. The van der Waals surface area contributed by atoms with Gasteiger partial charge in [-0.15, -0.1) is 0 Å². The molecule has 0 N–H and O–H groups in total. The molecule has 0 radical (unpaired) electrons. The number of ether oxygens (including phenoxy) is 1. The van der Waals surface area contributed by atoms with Crippen molar-refractivity contribution >= 4 is 38.6 Å². The second kappa shape index (κ2) is 5.46. The first-order valence-electron chi connectivity index (χ1n) is 5.83. The highest BCUT2D eigenvalue weighted by molar-refractivity contribution is 9.10. The zero-order valence-corrected chi connectivity index (χ0v) is 13.1. The van der Waals surface area contributed by atoms with E-state index in [1.807, 2.05) is 13.8 Å². The highest BCUT2D eigenvalue weighted by Gasteiger charge is 2.18. The minimum atomic E-state index is -0.231. The second-order valence-electron chi connectivity index (χ2n) is 4.22. The monoisotopic (exact) mass is 345 g/mol. The van der Waals surface area contributed by atoms with E-state index in [9.17, 15) is 4.79 Å². The van der Waals surface area contributed by atoms with Gasteiger partial charge in [0.1, 0.15) is 5.52 Å². The molecule has 19 heavy (non-hydrogen) atoms. The second-order valence-corrected chi connectivity index (χ2v) is 5.35. The molecule has 7 heteroatoms. The predicted octanol–water partition coefficient (Wildman–Crippen LogP) is 2.92. The number of nitrogens with zero attached hydrogens (tertiary/aromatic N) is 3. The number of hydrogen-bond acceptors (Lipinski definition) is 4. The summed E-state index contributed by atoms with van der Waals surface area (Å²) in [4.78, 5) is 20.3. The maximum atomic E-state index is 12.3. The predicted molar refractivity (Wildman–Crippen MR) is 77.9 cm³/mol. The Bertz CT molecular complexity index is 687. The van der Waals surface area contributed by atoms with Crippen LogP contribution in [-0.2, 0) is 7.05 Å². The Morgan fingerprint density at radius 3 is 2.89 bits per heavy atom. The SMILES string of the molecule is CCC(C)Oc1c(Br)c2nc(Cl)ncc2n(C)c1=O. The lowest BCUT2D eigenvalue weighted by Gasteiger charge is -2.15. The van der Waals surface area contributed by atoms with E-state index >= 15 is 0 Å². The van der Waals surface area contributed by atoms with Gasteiger partial charge in [-0.1, -0.05) is 6.92 Å². The minimum Gasteiger partial charge on any atom is -0.484 e. The van der Waals surface area contributed by atoms with Crippen LogP contribution in [0.2, 0.25) is 5.28 Å². The van der Waals surface area contributed by atoms with Crippen LogP contribution in [0.5, 0.6) is 5.75 Å². The normalized spacial score (nSPS) is 12.7. The van der Waals surface area contributed by atoms with E-state index < -0.39 is 0 Å². The van der Waals surface area contributed by atoms with E-state index in [1.165, 1.54) is 10.8 Å². The number of fused-ring (bicyclic) bond motifs is 1. The fourth-order valence-electron chi connectivity index (χ4n) is 1.61. The third-order valence-corrected chi connectivity index (χ3v) is 3.82. The van der Waals surface area contributed by atoms with Gasteiger partial charge in [-0.05, 0) is 40.9 Å². The molecule has 2 rings (SSSR count). The van der Waals surface area contributed by atoms with Crippen molar-refractivity contribution in [2.24, 2.45) is 7.05 Å². The van der Waals surface area contributed by atoms with E-state index in [0.29, 0.717) is 15.5 Å². The van der Waals surface area contributed by atoms with E-state index in [-0.39, 0.29) is 22.7 Å². The molecule has 0 amide bonds. The van der Waals surface area contributed by atoms with Gasteiger partial charge in [0.05, 0.1) is 22.3 Å². The van der Waals surface area contributed by atoms with Crippen LogP contribution in [0.25, 0.3) is 11.0 Å². The molecule has 5 nitrogen and oxygen atoms in total. The lowest BCUT2D eigenvalue weighted by atomic mass is 10.3. The van der Waals surface area contributed by atoms with Gasteiger partial charge in [0.25, 0.3) is 5.56 Å². The molecule has 2 aromatic rings. The van der Waals surface area contributed by atoms with Gasteiger partial charge >= 0.3 is 0 Å². The Hall–Kier alpha value is -1.14. The molecule has 2 heterocycles. The van der Waals surface area contributed by atoms with Gasteiger partial charge in [0.2, 0.25) is 11.0 Å². The molecule has 0 aliphatic heterocycles. The fourth-order valence-corrected chi connectivity index (χ4v) is 2.30. The van der Waals surface area contributed by atoms with Crippen molar-refractivity contribution < 1.29 is 4.74 Å². The first-order chi connectivity index (χ1) is 8.95. The van der Waals surface area contributed by atoms with Gasteiger partial charge in [-0.3, -0.25) is 4.79 Å². The summed E-state index contributed by atoms with van der Waals surface area (Å²) < 4.78 is 7.63. The quantitative estimate of drug-likeness (QED) is 0.802. The summed E-state index contributed by atoms with van der Waals surface area (Å²) in [5.74, 6) is 0.249. The van der Waals surface area contributed by atoms with Crippen molar-refractivity contribution in [3.05, 3.63) is 26.3 Å². The van der Waals surface area contributed by atoms with Crippen LogP contribution in [0.1, 0.15) is 20.3 Å². The Morgan fingerprint density at radius 2 is 2.26 bits per heavy atom. The lowest BCUT2D eigenvalue weighted by Crippen LogP contribution is -2.24. The first-order valence-corrected chi connectivity index (χ1v) is 7.00. The average molecular weight is 347 g/mol. The fraction of sp³-hybridized carbons (Fsp3) is 0.417. The van der Waals surface area contributed by atoms with Crippen LogP contribution in [-0.4, -0.2) is 20.6 Å². The van der Waals surface area contributed by atoms with Crippen LogP contribution in [0.4, 0.5) is 0 Å². The molecule has 102 valence electrons. The van der Waals surface area contributed by atoms with Gasteiger partial charge in [-0.25, -0.2) is 9.97 Å². The number of pyridine rings is 1. The summed E-state index contributed by atoms with van der Waals surface area (Å²) in [6.45, 7) is 3.90. The van der Waals surface area contributed by atoms with Crippen LogP contribution in [0.3, 0.4) is 0 Å². The highest BCUT2D eigenvalue weighted by Crippen LogP contribution is 2.29. The maximum Gasteiger partial charge on any atom is 0.294 e. The van der Waals surface area contributed by atoms with Crippen molar-refractivity contribution in [1.82, 2.24) is 14.5 Å². The summed E-state index contributed by atoms with van der Waals surface area (Å²) in [7, 11) is 1.65. The molecule has 0 aliphatic rings. The molecule has 0 saturated heterocycles. The summed E-state index contributed by atoms with van der Waals surface area (Å²) in [5.41, 5.74) is 0.920. The summed E-state index contributed by atoms with van der Waals surface area (Å²) in [6, 6.07) is 0. The standard InChI is InChI=1S/C12H13BrClN3O2/c1-4-6(2)19-10-8(13)9-7(17(3)11(10)18)5-15-12(14)16-9/h5-6H,4H2,1-3H3. The topological polar surface area (TPSA) is 57.0 Å². The number of rotatable bonds is 3. The molecule has 1 unspecified atom stereocenters. The molecule has 0 spiro atoms. The summed E-state index contributed by atoms with van der Waals surface area (Å²) in [5, 5.41) is 0.126. The zero-order chi connectivity index (χ0) is 14.2. The van der Waals surface area contributed by atoms with Crippen molar-refractivity contribution in [2.75, 3.05) is 0 Å². The Labute approximate surface area is 123 Å². The number of aryl methyl sites for hydroxylation is 1. The van der Waals surface area contributed by atoms with Gasteiger partial charge in [0, 0.05) is 7.05 Å². The third kappa shape index (κ3) is 2.60. The summed E-state index contributed by atoms with van der Waals surface area (Å²) >= 11 is 9.17. The average Bonchev–Trinajstić information content (AvgIpc) is 2.40. The Kier molecular flexibility index (Phi) is 4.10.